The Labute approximate surface area is 158 Å². The summed E-state index contributed by atoms with van der Waals surface area (Å²) in [6, 6.07) is 3.10. The molecule has 0 saturated carbocycles. The predicted molar refractivity (Wildman–Crippen MR) is 99.4 cm³/mol. The van der Waals surface area contributed by atoms with E-state index in [1.165, 1.54) is 6.20 Å². The summed E-state index contributed by atoms with van der Waals surface area (Å²) < 4.78 is 28.1. The van der Waals surface area contributed by atoms with Crippen LogP contribution in [0.5, 0.6) is 0 Å². The highest BCUT2D eigenvalue weighted by molar-refractivity contribution is 7.91. The highest BCUT2D eigenvalue weighted by Crippen LogP contribution is 2.18. The van der Waals surface area contributed by atoms with Gasteiger partial charge >= 0.3 is 6.09 Å². The number of hydrogen-bond acceptors (Lipinski definition) is 7. The van der Waals surface area contributed by atoms with E-state index in [1.807, 2.05) is 0 Å². The van der Waals surface area contributed by atoms with Gasteiger partial charge in [0.1, 0.15) is 5.82 Å². The second kappa shape index (κ2) is 8.12. The number of hydrogen-bond donors (Lipinski definition) is 1. The fraction of sp³-hybridized carbons (Fsp3) is 0.588. The molecule has 0 spiro atoms. The molecule has 9 nitrogen and oxygen atoms in total. The zero-order chi connectivity index (χ0) is 19.4. The molecular weight excluding hydrogens is 372 g/mol. The Bertz CT molecular complexity index is 805. The van der Waals surface area contributed by atoms with Crippen molar-refractivity contribution in [3.05, 3.63) is 23.9 Å². The average Bonchev–Trinajstić information content (AvgIpc) is 3.00. The molecule has 2 fully saturated rings. The lowest BCUT2D eigenvalue weighted by atomic mass is 10.2. The third-order valence-corrected chi connectivity index (χ3v) is 6.45. The first-order valence-corrected chi connectivity index (χ1v) is 10.8. The van der Waals surface area contributed by atoms with Crippen LogP contribution < -0.4 is 5.32 Å². The minimum absolute atomic E-state index is 0.0860. The minimum atomic E-state index is -2.98. The van der Waals surface area contributed by atoms with Crippen LogP contribution in [0.1, 0.15) is 23.7 Å². The highest BCUT2D eigenvalue weighted by atomic mass is 32.2. The molecule has 10 heteroatoms. The summed E-state index contributed by atoms with van der Waals surface area (Å²) in [4.78, 5) is 31.9. The second-order valence-corrected chi connectivity index (χ2v) is 8.88. The smallest absolute Gasteiger partial charge is 0.409 e. The highest BCUT2D eigenvalue weighted by Gasteiger charge is 2.29. The SMILES string of the molecule is CCOC(=O)N1CCN(C(=O)c2ccnc(NC3CCS(=O)(=O)C3)c2)CC1. The molecule has 148 valence electrons. The number of amides is 2. The van der Waals surface area contributed by atoms with E-state index in [4.69, 9.17) is 4.74 Å². The van der Waals surface area contributed by atoms with E-state index >= 15 is 0 Å². The van der Waals surface area contributed by atoms with Crippen molar-refractivity contribution in [2.75, 3.05) is 49.6 Å². The van der Waals surface area contributed by atoms with Crippen LogP contribution in [0.3, 0.4) is 0 Å². The van der Waals surface area contributed by atoms with Gasteiger partial charge in [0.25, 0.3) is 5.91 Å². The summed E-state index contributed by atoms with van der Waals surface area (Å²) in [5, 5.41) is 3.10. The Morgan fingerprint density at radius 1 is 1.26 bits per heavy atom. The van der Waals surface area contributed by atoms with Crippen LogP contribution in [0, 0.1) is 0 Å². The molecule has 1 aromatic rings. The summed E-state index contributed by atoms with van der Waals surface area (Å²) in [5.74, 6) is 0.618. The average molecular weight is 396 g/mol. The zero-order valence-corrected chi connectivity index (χ0v) is 16.1. The van der Waals surface area contributed by atoms with Crippen molar-refractivity contribution in [3.63, 3.8) is 0 Å². The first-order valence-electron chi connectivity index (χ1n) is 9.02. The number of piperazine rings is 1. The molecule has 0 aromatic carbocycles. The summed E-state index contributed by atoms with van der Waals surface area (Å²) >= 11 is 0. The maximum Gasteiger partial charge on any atom is 0.409 e. The van der Waals surface area contributed by atoms with Crippen molar-refractivity contribution in [3.8, 4) is 0 Å². The summed E-state index contributed by atoms with van der Waals surface area (Å²) in [6.45, 7) is 3.81. The van der Waals surface area contributed by atoms with Gasteiger partial charge in [-0.3, -0.25) is 4.79 Å². The molecule has 27 heavy (non-hydrogen) atoms. The summed E-state index contributed by atoms with van der Waals surface area (Å²) in [5.41, 5.74) is 0.484. The lowest BCUT2D eigenvalue weighted by Gasteiger charge is -2.34. The van der Waals surface area contributed by atoms with E-state index in [-0.39, 0.29) is 29.5 Å². The number of ether oxygens (including phenoxy) is 1. The second-order valence-electron chi connectivity index (χ2n) is 6.65. The van der Waals surface area contributed by atoms with Crippen LogP contribution in [0.15, 0.2) is 18.3 Å². The summed E-state index contributed by atoms with van der Waals surface area (Å²) in [7, 11) is -2.98. The van der Waals surface area contributed by atoms with Crippen LogP contribution >= 0.6 is 0 Å². The number of anilines is 1. The van der Waals surface area contributed by atoms with Crippen LogP contribution in [-0.2, 0) is 14.6 Å². The van der Waals surface area contributed by atoms with Crippen LogP contribution in [0.2, 0.25) is 0 Å². The molecule has 2 saturated heterocycles. The zero-order valence-electron chi connectivity index (χ0n) is 15.3. The Morgan fingerprint density at radius 3 is 2.59 bits per heavy atom. The number of nitrogens with one attached hydrogen (secondary N) is 1. The number of carbonyl (C=O) groups excluding carboxylic acids is 2. The number of carbonyl (C=O) groups is 2. The topological polar surface area (TPSA) is 109 Å². The number of sulfone groups is 1. The number of pyridine rings is 1. The standard InChI is InChI=1S/C17H24N4O5S/c1-2-26-17(23)21-8-6-20(7-9-21)16(22)13-3-5-18-15(11-13)19-14-4-10-27(24,25)12-14/h3,5,11,14H,2,4,6-10,12H2,1H3,(H,18,19). The minimum Gasteiger partial charge on any atom is -0.450 e. The van der Waals surface area contributed by atoms with Gasteiger partial charge in [-0.1, -0.05) is 0 Å². The van der Waals surface area contributed by atoms with Crippen molar-refractivity contribution in [1.82, 2.24) is 14.8 Å². The molecule has 2 amide bonds. The molecule has 0 bridgehead atoms. The normalized spacial score (nSPS) is 21.7. The Hall–Kier alpha value is -2.36. The van der Waals surface area contributed by atoms with E-state index in [0.717, 1.165) is 0 Å². The van der Waals surface area contributed by atoms with E-state index in [9.17, 15) is 18.0 Å². The van der Waals surface area contributed by atoms with Gasteiger partial charge in [0, 0.05) is 44.0 Å². The van der Waals surface area contributed by atoms with E-state index in [0.29, 0.717) is 50.6 Å². The first kappa shape index (κ1) is 19.4. The van der Waals surface area contributed by atoms with Crippen molar-refractivity contribution < 1.29 is 22.7 Å². The van der Waals surface area contributed by atoms with Gasteiger partial charge in [0.2, 0.25) is 0 Å². The fourth-order valence-electron chi connectivity index (χ4n) is 3.25. The van der Waals surface area contributed by atoms with Crippen LogP contribution in [-0.4, -0.2) is 85.5 Å². The van der Waals surface area contributed by atoms with Gasteiger partial charge in [0.05, 0.1) is 18.1 Å². The number of nitrogens with zero attached hydrogens (tertiary/aromatic N) is 3. The van der Waals surface area contributed by atoms with E-state index in [2.05, 4.69) is 10.3 Å². The van der Waals surface area contributed by atoms with E-state index < -0.39 is 9.84 Å². The van der Waals surface area contributed by atoms with Gasteiger partial charge in [-0.05, 0) is 25.5 Å². The van der Waals surface area contributed by atoms with E-state index in [1.54, 1.807) is 28.9 Å². The summed E-state index contributed by atoms with van der Waals surface area (Å²) in [6.07, 6.45) is 1.72. The van der Waals surface area contributed by atoms with Gasteiger partial charge in [-0.15, -0.1) is 0 Å². The van der Waals surface area contributed by atoms with Crippen molar-refractivity contribution >= 4 is 27.7 Å². The van der Waals surface area contributed by atoms with Crippen molar-refractivity contribution in [1.29, 1.82) is 0 Å². The van der Waals surface area contributed by atoms with Gasteiger partial charge in [0.15, 0.2) is 9.84 Å². The molecule has 0 radical (unpaired) electrons. The Kier molecular flexibility index (Phi) is 5.83. The predicted octanol–water partition coefficient (Wildman–Crippen LogP) is 0.595. The monoisotopic (exact) mass is 396 g/mol. The molecule has 1 N–H and O–H groups in total. The van der Waals surface area contributed by atoms with Gasteiger partial charge in [-0.25, -0.2) is 18.2 Å². The largest absolute Gasteiger partial charge is 0.450 e. The van der Waals surface area contributed by atoms with Crippen LogP contribution in [0.25, 0.3) is 0 Å². The number of aromatic nitrogens is 1. The molecule has 1 unspecified atom stereocenters. The first-order chi connectivity index (χ1) is 12.9. The maximum absolute atomic E-state index is 12.7. The molecule has 2 aliphatic rings. The molecule has 2 aliphatic heterocycles. The molecule has 0 aliphatic carbocycles. The quantitative estimate of drug-likeness (QED) is 0.793. The molecule has 3 heterocycles. The Balaban J connectivity index is 1.59. The lowest BCUT2D eigenvalue weighted by molar-refractivity contribution is 0.0570. The van der Waals surface area contributed by atoms with Crippen molar-refractivity contribution in [2.45, 2.75) is 19.4 Å². The Morgan fingerprint density at radius 2 is 1.96 bits per heavy atom. The fourth-order valence-corrected chi connectivity index (χ4v) is 4.92. The third-order valence-electron chi connectivity index (χ3n) is 4.68. The van der Waals surface area contributed by atoms with Crippen molar-refractivity contribution in [2.24, 2.45) is 0 Å². The van der Waals surface area contributed by atoms with Gasteiger partial charge < -0.3 is 19.9 Å². The lowest BCUT2D eigenvalue weighted by Crippen LogP contribution is -2.50. The van der Waals surface area contributed by atoms with Crippen LogP contribution in [0.4, 0.5) is 10.6 Å². The maximum atomic E-state index is 12.7. The molecule has 1 aromatic heterocycles. The molecular formula is C17H24N4O5S. The molecule has 3 rings (SSSR count). The van der Waals surface area contributed by atoms with Gasteiger partial charge in [-0.2, -0.15) is 0 Å². The molecule has 1 atom stereocenters. The number of rotatable bonds is 4. The third kappa shape index (κ3) is 4.88.